The average Bonchev–Trinajstić information content (AvgIpc) is 3.16. The van der Waals surface area contributed by atoms with E-state index in [1.807, 2.05) is 30.3 Å². The van der Waals surface area contributed by atoms with Gasteiger partial charge in [-0.3, -0.25) is 0 Å². The summed E-state index contributed by atoms with van der Waals surface area (Å²) in [5.41, 5.74) is 7.28. The van der Waals surface area contributed by atoms with Crippen molar-refractivity contribution in [3.63, 3.8) is 0 Å². The van der Waals surface area contributed by atoms with Gasteiger partial charge in [0.25, 0.3) is 0 Å². The van der Waals surface area contributed by atoms with Crippen molar-refractivity contribution >= 4 is 11.6 Å². The van der Waals surface area contributed by atoms with Crippen LogP contribution in [0.2, 0.25) is 0 Å². The molecule has 3 N–H and O–H groups in total. The first kappa shape index (κ1) is 12.0. The van der Waals surface area contributed by atoms with Gasteiger partial charge in [0.2, 0.25) is 0 Å². The molecular weight excluding hydrogens is 236 g/mol. The van der Waals surface area contributed by atoms with Crippen molar-refractivity contribution in [3.05, 3.63) is 36.4 Å². The lowest BCUT2D eigenvalue weighted by molar-refractivity contribution is 0.609. The number of hydrogen-bond acceptors (Lipinski definition) is 4. The van der Waals surface area contributed by atoms with Crippen molar-refractivity contribution in [2.45, 2.75) is 19.8 Å². The maximum absolute atomic E-state index is 5.86. The van der Waals surface area contributed by atoms with Crippen LogP contribution in [0.1, 0.15) is 19.8 Å². The third kappa shape index (κ3) is 2.84. The number of rotatable bonds is 4. The van der Waals surface area contributed by atoms with E-state index in [2.05, 4.69) is 22.2 Å². The van der Waals surface area contributed by atoms with Crippen LogP contribution in [-0.4, -0.2) is 16.5 Å². The van der Waals surface area contributed by atoms with Crippen LogP contribution in [0.4, 0.5) is 11.6 Å². The molecule has 1 aromatic carbocycles. The molecule has 0 amide bonds. The number of anilines is 2. The van der Waals surface area contributed by atoms with Crippen LogP contribution in [0.15, 0.2) is 36.4 Å². The molecule has 0 spiro atoms. The molecule has 3 rings (SSSR count). The molecule has 4 nitrogen and oxygen atoms in total. The largest absolute Gasteiger partial charge is 0.384 e. The summed E-state index contributed by atoms with van der Waals surface area (Å²) in [6, 6.07) is 11.7. The highest BCUT2D eigenvalue weighted by Crippen LogP contribution is 2.44. The van der Waals surface area contributed by atoms with Gasteiger partial charge in [-0.25, -0.2) is 9.97 Å². The predicted molar refractivity (Wildman–Crippen MR) is 77.7 cm³/mol. The van der Waals surface area contributed by atoms with E-state index in [9.17, 15) is 0 Å². The van der Waals surface area contributed by atoms with E-state index >= 15 is 0 Å². The topological polar surface area (TPSA) is 63.8 Å². The lowest BCUT2D eigenvalue weighted by Gasteiger charge is -2.12. The summed E-state index contributed by atoms with van der Waals surface area (Å²) >= 11 is 0. The Morgan fingerprint density at radius 1 is 1.21 bits per heavy atom. The molecule has 4 heteroatoms. The van der Waals surface area contributed by atoms with Gasteiger partial charge < -0.3 is 11.1 Å². The number of hydrogen-bond donors (Lipinski definition) is 2. The summed E-state index contributed by atoms with van der Waals surface area (Å²) < 4.78 is 0. The first-order valence-electron chi connectivity index (χ1n) is 6.59. The second kappa shape index (κ2) is 4.53. The van der Waals surface area contributed by atoms with Crippen molar-refractivity contribution < 1.29 is 0 Å². The van der Waals surface area contributed by atoms with Gasteiger partial charge in [0, 0.05) is 18.2 Å². The fraction of sp³-hybridized carbons (Fsp3) is 0.333. The minimum atomic E-state index is 0.437. The van der Waals surface area contributed by atoms with E-state index in [0.29, 0.717) is 17.1 Å². The zero-order valence-electron chi connectivity index (χ0n) is 11.1. The molecule has 98 valence electrons. The molecule has 0 unspecified atom stereocenters. The lowest BCUT2D eigenvalue weighted by Crippen LogP contribution is -2.13. The number of nitrogen functional groups attached to an aromatic ring is 1. The van der Waals surface area contributed by atoms with Gasteiger partial charge in [-0.05, 0) is 18.3 Å². The van der Waals surface area contributed by atoms with Crippen molar-refractivity contribution in [1.82, 2.24) is 9.97 Å². The van der Waals surface area contributed by atoms with E-state index in [-0.39, 0.29) is 0 Å². The summed E-state index contributed by atoms with van der Waals surface area (Å²) in [6.07, 6.45) is 2.57. The second-order valence-electron chi connectivity index (χ2n) is 5.53. The zero-order chi connectivity index (χ0) is 13.3. The van der Waals surface area contributed by atoms with Gasteiger partial charge in [-0.1, -0.05) is 37.3 Å². The van der Waals surface area contributed by atoms with Crippen LogP contribution in [0.25, 0.3) is 11.4 Å². The smallest absolute Gasteiger partial charge is 0.163 e. The van der Waals surface area contributed by atoms with E-state index in [1.54, 1.807) is 6.07 Å². The van der Waals surface area contributed by atoms with Crippen LogP contribution < -0.4 is 11.1 Å². The number of nitrogens with two attached hydrogens (primary N) is 1. The summed E-state index contributed by atoms with van der Waals surface area (Å²) in [7, 11) is 0. The Morgan fingerprint density at radius 2 is 1.95 bits per heavy atom. The monoisotopic (exact) mass is 254 g/mol. The van der Waals surface area contributed by atoms with Gasteiger partial charge in [0.15, 0.2) is 5.82 Å². The fourth-order valence-electron chi connectivity index (χ4n) is 1.97. The summed E-state index contributed by atoms with van der Waals surface area (Å²) in [5, 5.41) is 3.37. The highest BCUT2D eigenvalue weighted by molar-refractivity contribution is 5.60. The second-order valence-corrected chi connectivity index (χ2v) is 5.53. The predicted octanol–water partition coefficient (Wildman–Crippen LogP) is 2.94. The Hall–Kier alpha value is -2.10. The van der Waals surface area contributed by atoms with Crippen LogP contribution >= 0.6 is 0 Å². The van der Waals surface area contributed by atoms with Crippen LogP contribution in [-0.2, 0) is 0 Å². The quantitative estimate of drug-likeness (QED) is 0.880. The van der Waals surface area contributed by atoms with Crippen LogP contribution in [0.3, 0.4) is 0 Å². The molecule has 0 bridgehead atoms. The summed E-state index contributed by atoms with van der Waals surface area (Å²) in [6.45, 7) is 3.22. The van der Waals surface area contributed by atoms with E-state index in [1.165, 1.54) is 12.8 Å². The highest BCUT2D eigenvalue weighted by Gasteiger charge is 2.36. The molecular formula is C15H18N4. The standard InChI is InChI=1S/C15H18N4/c1-15(7-8-15)10-17-13-9-12(16)18-14(19-13)11-5-3-2-4-6-11/h2-6,9H,7-8,10H2,1H3,(H3,16,17,18,19). The maximum atomic E-state index is 5.86. The molecule has 1 fully saturated rings. The molecule has 0 radical (unpaired) electrons. The Labute approximate surface area is 113 Å². The normalized spacial score (nSPS) is 16.1. The van der Waals surface area contributed by atoms with E-state index in [4.69, 9.17) is 5.73 Å². The summed E-state index contributed by atoms with van der Waals surface area (Å²) in [5.74, 6) is 1.97. The number of aromatic nitrogens is 2. The van der Waals surface area contributed by atoms with Gasteiger partial charge in [0.1, 0.15) is 11.6 Å². The average molecular weight is 254 g/mol. The van der Waals surface area contributed by atoms with E-state index < -0.39 is 0 Å². The third-order valence-corrected chi connectivity index (χ3v) is 3.58. The van der Waals surface area contributed by atoms with Crippen molar-refractivity contribution in [3.8, 4) is 11.4 Å². The lowest BCUT2D eigenvalue weighted by atomic mass is 10.1. The molecule has 1 aromatic heterocycles. The Morgan fingerprint density at radius 3 is 2.63 bits per heavy atom. The van der Waals surface area contributed by atoms with Crippen LogP contribution in [0, 0.1) is 5.41 Å². The summed E-state index contributed by atoms with van der Waals surface area (Å²) in [4.78, 5) is 8.82. The first-order chi connectivity index (χ1) is 9.15. The molecule has 0 aliphatic heterocycles. The SMILES string of the molecule is CC1(CNc2cc(N)nc(-c3ccccc3)n2)CC1. The molecule has 1 aliphatic rings. The molecule has 0 atom stereocenters. The highest BCUT2D eigenvalue weighted by atomic mass is 15.1. The maximum Gasteiger partial charge on any atom is 0.163 e. The number of benzene rings is 1. The zero-order valence-corrected chi connectivity index (χ0v) is 11.1. The van der Waals surface area contributed by atoms with Gasteiger partial charge in [0.05, 0.1) is 0 Å². The number of nitrogens with zero attached hydrogens (tertiary/aromatic N) is 2. The molecule has 2 aromatic rings. The molecule has 1 aliphatic carbocycles. The first-order valence-corrected chi connectivity index (χ1v) is 6.59. The van der Waals surface area contributed by atoms with Crippen molar-refractivity contribution in [2.24, 2.45) is 5.41 Å². The molecule has 1 saturated carbocycles. The molecule has 19 heavy (non-hydrogen) atoms. The van der Waals surface area contributed by atoms with E-state index in [0.717, 1.165) is 17.9 Å². The van der Waals surface area contributed by atoms with Crippen molar-refractivity contribution in [1.29, 1.82) is 0 Å². The van der Waals surface area contributed by atoms with Crippen LogP contribution in [0.5, 0.6) is 0 Å². The number of nitrogens with one attached hydrogen (secondary N) is 1. The third-order valence-electron chi connectivity index (χ3n) is 3.58. The Bertz CT molecular complexity index is 576. The minimum absolute atomic E-state index is 0.437. The Balaban J connectivity index is 1.83. The van der Waals surface area contributed by atoms with Crippen molar-refractivity contribution in [2.75, 3.05) is 17.6 Å². The minimum Gasteiger partial charge on any atom is -0.384 e. The Kier molecular flexibility index (Phi) is 2.85. The molecule has 1 heterocycles. The molecule has 0 saturated heterocycles. The fourth-order valence-corrected chi connectivity index (χ4v) is 1.97. The van der Waals surface area contributed by atoms with Gasteiger partial charge in [-0.15, -0.1) is 0 Å². The van der Waals surface area contributed by atoms with Gasteiger partial charge >= 0.3 is 0 Å². The van der Waals surface area contributed by atoms with Gasteiger partial charge in [-0.2, -0.15) is 0 Å².